The number of rotatable bonds is 15. The van der Waals surface area contributed by atoms with E-state index in [9.17, 15) is 14.9 Å². The predicted molar refractivity (Wildman–Crippen MR) is 314 cm³/mol. The highest BCUT2D eigenvalue weighted by Crippen LogP contribution is 2.48. The van der Waals surface area contributed by atoms with Gasteiger partial charge in [-0.1, -0.05) is 11.6 Å². The van der Waals surface area contributed by atoms with E-state index in [2.05, 4.69) is 35.6 Å². The van der Waals surface area contributed by atoms with Gasteiger partial charge in [-0.15, -0.1) is 12.4 Å². The molecule has 22 nitrogen and oxygen atoms in total. The molecule has 1 N–H and O–H groups in total. The first-order valence-corrected chi connectivity index (χ1v) is 27.6. The minimum Gasteiger partial charge on any atom is -0.523 e. The van der Waals surface area contributed by atoms with Crippen LogP contribution in [0, 0.1) is 22.7 Å². The summed E-state index contributed by atoms with van der Waals surface area (Å²) in [5.41, 5.74) is 8.12. The van der Waals surface area contributed by atoms with Gasteiger partial charge in [-0.3, -0.25) is 19.6 Å². The lowest BCUT2D eigenvalue weighted by Crippen LogP contribution is -2.26. The number of hydrogen-bond acceptors (Lipinski definition) is 20. The largest absolute Gasteiger partial charge is 0.570 e. The molecule has 0 spiro atoms. The number of amides is 2. The molecule has 2 aliphatic carbocycles. The zero-order valence-electron chi connectivity index (χ0n) is 47.5. The van der Waals surface area contributed by atoms with Crippen molar-refractivity contribution >= 4 is 65.7 Å². The first-order chi connectivity index (χ1) is 40.8. The number of pyridine rings is 6. The fraction of sp³-hybridized carbons (Fsp3) is 0.367. The van der Waals surface area contributed by atoms with E-state index < -0.39 is 0 Å². The lowest BCUT2D eigenvalue weighted by Gasteiger charge is -2.23. The summed E-state index contributed by atoms with van der Waals surface area (Å²) in [5.74, 6) is 3.38. The molecule has 2 saturated heterocycles. The van der Waals surface area contributed by atoms with Crippen LogP contribution in [0.15, 0.2) is 82.2 Å². The van der Waals surface area contributed by atoms with Crippen LogP contribution >= 0.6 is 24.0 Å². The van der Waals surface area contributed by atoms with Gasteiger partial charge in [-0.2, -0.15) is 10.5 Å². The SMILES string of the molecule is COc1cc(C(=O)N(C)C)cnc1-c1cc2ncc(C3CC3)c(-c3ccc(OC4CCOCC4)c(C#N)n3)c2o1.COc1cc(C(=O)N(C)C)cnc1-c1cc2ncc(C3CC3)c(Cl)c2o1.Cl.N#Cc1nc(O[B]O)ccc1OC1CCOCC1. The molecule has 12 rings (SSSR count). The van der Waals surface area contributed by atoms with Gasteiger partial charge in [0.2, 0.25) is 0 Å². The summed E-state index contributed by atoms with van der Waals surface area (Å²) in [7, 11) is 10.3. The number of fused-ring (bicyclic) bond motifs is 2. The van der Waals surface area contributed by atoms with Crippen molar-refractivity contribution in [3.05, 3.63) is 112 Å². The molecular weight excluding hydrogens is 1130 g/mol. The van der Waals surface area contributed by atoms with Crippen LogP contribution in [-0.4, -0.2) is 145 Å². The zero-order chi connectivity index (χ0) is 59.0. The summed E-state index contributed by atoms with van der Waals surface area (Å²) in [5, 5.41) is 28.0. The first kappa shape index (κ1) is 61.0. The minimum atomic E-state index is -0.177. The summed E-state index contributed by atoms with van der Waals surface area (Å²) in [4.78, 5) is 54.2. The van der Waals surface area contributed by atoms with E-state index in [0.717, 1.165) is 68.1 Å². The van der Waals surface area contributed by atoms with Crippen LogP contribution in [0.25, 0.3) is 56.4 Å². The molecule has 439 valence electrons. The van der Waals surface area contributed by atoms with E-state index in [-0.39, 0.29) is 53.7 Å². The molecule has 25 heteroatoms. The van der Waals surface area contributed by atoms with E-state index in [4.69, 9.17) is 64.1 Å². The second-order valence-electron chi connectivity index (χ2n) is 20.6. The normalized spacial score (nSPS) is 14.9. The molecule has 8 aromatic rings. The van der Waals surface area contributed by atoms with E-state index in [1.165, 1.54) is 42.5 Å². The van der Waals surface area contributed by atoms with Crippen LogP contribution in [0.3, 0.4) is 0 Å². The third-order valence-electron chi connectivity index (χ3n) is 14.3. The number of halogens is 2. The van der Waals surface area contributed by atoms with Gasteiger partial charge in [0.15, 0.2) is 51.5 Å². The quantitative estimate of drug-likeness (QED) is 0.0934. The molecule has 0 bridgehead atoms. The van der Waals surface area contributed by atoms with Crippen molar-refractivity contribution in [2.24, 2.45) is 0 Å². The highest BCUT2D eigenvalue weighted by molar-refractivity contribution is 6.35. The minimum absolute atomic E-state index is 0. The van der Waals surface area contributed by atoms with Crippen LogP contribution < -0.4 is 23.6 Å². The number of methoxy groups -OCH3 is 2. The molecule has 2 aliphatic heterocycles. The highest BCUT2D eigenvalue weighted by atomic mass is 35.5. The maximum Gasteiger partial charge on any atom is 0.570 e. The Bertz CT molecular complexity index is 3810. The fourth-order valence-electron chi connectivity index (χ4n) is 9.58. The van der Waals surface area contributed by atoms with Gasteiger partial charge < -0.3 is 56.7 Å². The van der Waals surface area contributed by atoms with Crippen LogP contribution in [-0.2, 0) is 9.47 Å². The summed E-state index contributed by atoms with van der Waals surface area (Å²) < 4.78 is 50.5. The average molecular weight is 1190 g/mol. The number of nitrogens with zero attached hydrogens (tertiary/aromatic N) is 10. The van der Waals surface area contributed by atoms with E-state index in [1.807, 2.05) is 36.7 Å². The highest BCUT2D eigenvalue weighted by Gasteiger charge is 2.32. The van der Waals surface area contributed by atoms with E-state index in [1.54, 1.807) is 52.5 Å². The zero-order valence-corrected chi connectivity index (χ0v) is 49.1. The summed E-state index contributed by atoms with van der Waals surface area (Å²) in [6.45, 7) is 2.63. The van der Waals surface area contributed by atoms with Crippen LogP contribution in [0.2, 0.25) is 5.02 Å². The van der Waals surface area contributed by atoms with Gasteiger partial charge in [0.05, 0.1) is 68.1 Å². The van der Waals surface area contributed by atoms with Crippen molar-refractivity contribution in [1.29, 1.82) is 10.5 Å². The second-order valence-corrected chi connectivity index (χ2v) is 21.0. The third kappa shape index (κ3) is 14.0. The Morgan fingerprint density at radius 2 is 1.09 bits per heavy atom. The molecule has 8 aromatic heterocycles. The van der Waals surface area contributed by atoms with E-state index >= 15 is 0 Å². The summed E-state index contributed by atoms with van der Waals surface area (Å²) in [6, 6.07) is 17.9. The number of carbonyl (C=O) groups excluding carboxylic acids is 2. The smallest absolute Gasteiger partial charge is 0.523 e. The Balaban J connectivity index is 0.000000165. The number of carbonyl (C=O) groups is 2. The Kier molecular flexibility index (Phi) is 19.7. The van der Waals surface area contributed by atoms with Crippen molar-refractivity contribution in [1.82, 2.24) is 39.7 Å². The van der Waals surface area contributed by atoms with E-state index in [0.29, 0.717) is 136 Å². The summed E-state index contributed by atoms with van der Waals surface area (Å²) >= 11 is 6.52. The Labute approximate surface area is 501 Å². The molecule has 0 unspecified atom stereocenters. The number of aromatic nitrogens is 6. The molecule has 85 heavy (non-hydrogen) atoms. The van der Waals surface area contributed by atoms with Gasteiger partial charge in [-0.05, 0) is 79.0 Å². The third-order valence-corrected chi connectivity index (χ3v) is 14.7. The number of furan rings is 2. The average Bonchev–Trinajstić information content (AvgIpc) is 4.49. The fourth-order valence-corrected chi connectivity index (χ4v) is 9.92. The number of hydrogen-bond donors (Lipinski definition) is 1. The Morgan fingerprint density at radius 3 is 1.58 bits per heavy atom. The Morgan fingerprint density at radius 1 is 0.624 bits per heavy atom. The van der Waals surface area contributed by atoms with Crippen LogP contribution in [0.1, 0.15) is 106 Å². The van der Waals surface area contributed by atoms with Crippen LogP contribution in [0.4, 0.5) is 0 Å². The standard InChI is InChI=1S/C30H29N5O5.C19H18ClN3O3.C11H12BN2O4.ClH/c1-35(2)30(36)18-12-25(37-3)28(33-15-18)26-13-22-29(40-26)27(20(16-32-22)17-4-5-17)21-6-7-24(23(14-31)34-21)39-19-8-10-38-11-9-19;1-23(2)19(24)11-6-14(25-3)17(22-8-11)15-7-13-18(26-15)16(20)12(9-21-13)10-4-5-10;13-7-9-10(1-2-11(14-9)18-12-15)17-8-3-5-16-6-4-8;/h6-7,12-13,15-17,19H,4-5,8-11H2,1-3H3;6-10H,4-5H2,1-3H3;1-2,8,15H,3-6H2;1H. The first-order valence-electron chi connectivity index (χ1n) is 27.3. The maximum atomic E-state index is 12.5. The van der Waals surface area contributed by atoms with Gasteiger partial charge in [0, 0.05) is 96.9 Å². The van der Waals surface area contributed by atoms with Crippen molar-refractivity contribution in [3.8, 4) is 75.2 Å². The lowest BCUT2D eigenvalue weighted by molar-refractivity contribution is 0.0250. The molecule has 0 atom stereocenters. The second kappa shape index (κ2) is 27.4. The predicted octanol–water partition coefficient (Wildman–Crippen LogP) is 9.94. The van der Waals surface area contributed by atoms with Gasteiger partial charge >= 0.3 is 7.69 Å². The van der Waals surface area contributed by atoms with Gasteiger partial charge in [0.25, 0.3) is 11.8 Å². The molecule has 2 amide bonds. The molecular formula is C60H60BCl2N10O12. The molecule has 10 heterocycles. The van der Waals surface area contributed by atoms with Crippen molar-refractivity contribution in [2.45, 2.75) is 75.4 Å². The summed E-state index contributed by atoms with van der Waals surface area (Å²) in [6.07, 6.45) is 14.3. The lowest BCUT2D eigenvalue weighted by atomic mass is 10.0. The Hall–Kier alpha value is -8.58. The molecule has 4 fully saturated rings. The van der Waals surface area contributed by atoms with Crippen molar-refractivity contribution < 1.29 is 56.5 Å². The number of nitriles is 2. The van der Waals surface area contributed by atoms with Crippen LogP contribution in [0.5, 0.6) is 28.9 Å². The maximum absolute atomic E-state index is 12.5. The van der Waals surface area contributed by atoms with Gasteiger partial charge in [0.1, 0.15) is 58.3 Å². The van der Waals surface area contributed by atoms with Crippen molar-refractivity contribution in [3.63, 3.8) is 0 Å². The van der Waals surface area contributed by atoms with Gasteiger partial charge in [-0.25, -0.2) is 19.9 Å². The number of ether oxygens (including phenoxy) is 6. The van der Waals surface area contributed by atoms with Crippen molar-refractivity contribution in [2.75, 3.05) is 68.8 Å². The topological polar surface area (TPSA) is 277 Å². The molecule has 4 aliphatic rings. The molecule has 2 saturated carbocycles. The monoisotopic (exact) mass is 1190 g/mol. The molecule has 1 radical (unpaired) electrons. The molecule has 0 aromatic carbocycles.